The zero-order valence-corrected chi connectivity index (χ0v) is 21.9. The zero-order valence-electron chi connectivity index (χ0n) is 19.8. The predicted molar refractivity (Wildman–Crippen MR) is 143 cm³/mol. The average Bonchev–Trinajstić information content (AvgIpc) is 3.31. The molecule has 0 saturated heterocycles. The Kier molecular flexibility index (Phi) is 7.82. The van der Waals surface area contributed by atoms with Crippen molar-refractivity contribution < 1.29 is 19.2 Å². The third-order valence-corrected chi connectivity index (χ3v) is 6.19. The van der Waals surface area contributed by atoms with Crippen LogP contribution in [0.4, 0.5) is 0 Å². The summed E-state index contributed by atoms with van der Waals surface area (Å²) < 4.78 is 12.7. The number of likely N-dealkylation sites (N-methyl/N-ethyl adjacent to an activating group) is 1. The smallest absolute Gasteiger partial charge is 0.317 e. The number of hydrogen-bond donors (Lipinski definition) is 1. The Morgan fingerprint density at radius 1 is 1.06 bits per heavy atom. The van der Waals surface area contributed by atoms with Gasteiger partial charge in [-0.2, -0.15) is 4.98 Å². The Balaban J connectivity index is 1.58. The number of carboxylic acids is 1. The van der Waals surface area contributed by atoms with Gasteiger partial charge in [-0.25, -0.2) is 0 Å². The highest BCUT2D eigenvalue weighted by molar-refractivity contribution is 14.1. The van der Waals surface area contributed by atoms with Crippen LogP contribution in [-0.2, 0) is 11.3 Å². The summed E-state index contributed by atoms with van der Waals surface area (Å²) in [5.41, 5.74) is 5.94. The maximum absolute atomic E-state index is 10.9. The first-order chi connectivity index (χ1) is 16.8. The first-order valence-corrected chi connectivity index (χ1v) is 12.3. The molecule has 0 radical (unpaired) electrons. The van der Waals surface area contributed by atoms with Crippen LogP contribution >= 0.6 is 22.6 Å². The number of carboxylic acid groups (broad SMARTS) is 1. The third-order valence-electron chi connectivity index (χ3n) is 5.51. The van der Waals surface area contributed by atoms with Crippen molar-refractivity contribution in [3.05, 3.63) is 75.4 Å². The topological polar surface area (TPSA) is 88.7 Å². The number of nitrogens with zero attached hydrogens (tertiary/aromatic N) is 3. The zero-order chi connectivity index (χ0) is 24.9. The molecule has 0 bridgehead atoms. The molecule has 3 aromatic carbocycles. The summed E-state index contributed by atoms with van der Waals surface area (Å²) in [5, 5.41) is 13.1. The highest BCUT2D eigenvalue weighted by Gasteiger charge is 2.16. The molecule has 1 N–H and O–H groups in total. The summed E-state index contributed by atoms with van der Waals surface area (Å²) in [6.45, 7) is 5.13. The fourth-order valence-electron chi connectivity index (χ4n) is 3.85. The number of halogens is 1. The van der Waals surface area contributed by atoms with Crippen LogP contribution in [0.5, 0.6) is 5.75 Å². The van der Waals surface area contributed by atoms with Gasteiger partial charge in [0.1, 0.15) is 5.75 Å². The minimum absolute atomic E-state index is 0.0123. The van der Waals surface area contributed by atoms with Crippen LogP contribution in [0, 0.1) is 10.5 Å². The maximum atomic E-state index is 10.9. The molecule has 4 aromatic rings. The summed E-state index contributed by atoms with van der Waals surface area (Å²) in [4.78, 5) is 17.2. The molecule has 0 spiro atoms. The van der Waals surface area contributed by atoms with Crippen molar-refractivity contribution in [2.24, 2.45) is 0 Å². The van der Waals surface area contributed by atoms with Gasteiger partial charge < -0.3 is 14.4 Å². The van der Waals surface area contributed by atoms with E-state index in [0.717, 1.165) is 37.1 Å². The van der Waals surface area contributed by atoms with E-state index in [1.54, 1.807) is 11.9 Å². The number of aromatic nitrogens is 2. The molecule has 7 nitrogen and oxygen atoms in total. The average molecular weight is 583 g/mol. The van der Waals surface area contributed by atoms with Crippen molar-refractivity contribution in [1.29, 1.82) is 0 Å². The minimum atomic E-state index is -0.849. The van der Waals surface area contributed by atoms with E-state index in [4.69, 9.17) is 14.4 Å². The third kappa shape index (κ3) is 6.07. The van der Waals surface area contributed by atoms with Crippen molar-refractivity contribution in [2.75, 3.05) is 20.2 Å². The summed E-state index contributed by atoms with van der Waals surface area (Å²) >= 11 is 2.32. The molecule has 4 rings (SSSR count). The molecule has 0 aliphatic rings. The van der Waals surface area contributed by atoms with Gasteiger partial charge >= 0.3 is 5.97 Å². The molecule has 0 unspecified atom stereocenters. The monoisotopic (exact) mass is 583 g/mol. The largest absolute Gasteiger partial charge is 0.493 e. The van der Waals surface area contributed by atoms with Gasteiger partial charge in [-0.3, -0.25) is 9.69 Å². The highest BCUT2D eigenvalue weighted by atomic mass is 127. The van der Waals surface area contributed by atoms with Crippen LogP contribution in [0.1, 0.15) is 18.1 Å². The van der Waals surface area contributed by atoms with Crippen LogP contribution in [0.25, 0.3) is 34.0 Å². The lowest BCUT2D eigenvalue weighted by Crippen LogP contribution is -2.25. The molecular weight excluding hydrogens is 557 g/mol. The fourth-order valence-corrected chi connectivity index (χ4v) is 4.34. The van der Waals surface area contributed by atoms with E-state index < -0.39 is 5.97 Å². The molecule has 8 heteroatoms. The van der Waals surface area contributed by atoms with Crippen molar-refractivity contribution >= 4 is 28.6 Å². The highest BCUT2D eigenvalue weighted by Crippen LogP contribution is 2.36. The van der Waals surface area contributed by atoms with Gasteiger partial charge in [0, 0.05) is 26.8 Å². The number of carbonyl (C=O) groups is 1. The Hall–Kier alpha value is -3.24. The predicted octanol–water partition coefficient (Wildman–Crippen LogP) is 5.90. The second kappa shape index (κ2) is 11.0. The molecule has 0 aliphatic heterocycles. The van der Waals surface area contributed by atoms with E-state index in [1.165, 1.54) is 5.56 Å². The number of rotatable bonds is 9. The lowest BCUT2D eigenvalue weighted by Gasteiger charge is -2.14. The van der Waals surface area contributed by atoms with Gasteiger partial charge in [-0.1, -0.05) is 35.5 Å². The molecule has 0 saturated carbocycles. The quantitative estimate of drug-likeness (QED) is 0.246. The molecular formula is C27H26IN3O4. The summed E-state index contributed by atoms with van der Waals surface area (Å²) in [6.07, 6.45) is 0. The standard InChI is InChI=1S/C27H26IN3O4/c1-4-34-24-13-20(10-12-22(24)23-14-21(28)11-5-17(23)2)27-29-26(30-35-27)19-8-6-18(7-9-19)15-31(3)16-25(32)33/h5-14H,4,15-16H2,1-3H3,(H,32,33). The van der Waals surface area contributed by atoms with Gasteiger partial charge in [0.05, 0.1) is 13.2 Å². The molecule has 0 fully saturated rings. The van der Waals surface area contributed by atoms with Gasteiger partial charge in [0.15, 0.2) is 0 Å². The first kappa shape index (κ1) is 24.9. The van der Waals surface area contributed by atoms with Crippen molar-refractivity contribution in [1.82, 2.24) is 15.0 Å². The van der Waals surface area contributed by atoms with Gasteiger partial charge in [-0.05, 0) is 90.5 Å². The fraction of sp³-hybridized carbons (Fsp3) is 0.222. The second-order valence-corrected chi connectivity index (χ2v) is 9.53. The summed E-state index contributed by atoms with van der Waals surface area (Å²) in [5.74, 6) is 0.820. The number of hydrogen-bond acceptors (Lipinski definition) is 6. The van der Waals surface area contributed by atoms with E-state index in [-0.39, 0.29) is 6.54 Å². The van der Waals surface area contributed by atoms with Crippen molar-refractivity contribution in [3.63, 3.8) is 0 Å². The van der Waals surface area contributed by atoms with Crippen LogP contribution in [0.15, 0.2) is 65.2 Å². The molecule has 0 atom stereocenters. The molecule has 180 valence electrons. The van der Waals surface area contributed by atoms with E-state index in [9.17, 15) is 4.79 Å². The summed E-state index contributed by atoms with van der Waals surface area (Å²) in [7, 11) is 1.77. The normalized spacial score (nSPS) is 11.1. The number of benzene rings is 3. The molecule has 35 heavy (non-hydrogen) atoms. The van der Waals surface area contributed by atoms with Crippen LogP contribution in [-0.4, -0.2) is 46.3 Å². The van der Waals surface area contributed by atoms with E-state index in [0.29, 0.717) is 24.9 Å². The minimum Gasteiger partial charge on any atom is -0.493 e. The summed E-state index contributed by atoms with van der Waals surface area (Å²) in [6, 6.07) is 20.0. The first-order valence-electron chi connectivity index (χ1n) is 11.2. The molecule has 1 heterocycles. The Bertz CT molecular complexity index is 1330. The van der Waals surface area contributed by atoms with Crippen molar-refractivity contribution in [2.45, 2.75) is 20.4 Å². The SMILES string of the molecule is CCOc1cc(-c2nc(-c3ccc(CN(C)CC(=O)O)cc3)no2)ccc1-c1cc(I)ccc1C. The van der Waals surface area contributed by atoms with E-state index in [2.05, 4.69) is 57.9 Å². The van der Waals surface area contributed by atoms with Gasteiger partial charge in [0.2, 0.25) is 5.82 Å². The molecule has 1 aromatic heterocycles. The Morgan fingerprint density at radius 3 is 2.51 bits per heavy atom. The Morgan fingerprint density at radius 2 is 1.80 bits per heavy atom. The lowest BCUT2D eigenvalue weighted by molar-refractivity contribution is -0.138. The lowest BCUT2D eigenvalue weighted by atomic mass is 9.98. The van der Waals surface area contributed by atoms with Gasteiger partial charge in [-0.15, -0.1) is 0 Å². The number of aryl methyl sites for hydroxylation is 1. The van der Waals surface area contributed by atoms with E-state index in [1.807, 2.05) is 49.4 Å². The van der Waals surface area contributed by atoms with Crippen LogP contribution < -0.4 is 4.74 Å². The second-order valence-electron chi connectivity index (χ2n) is 8.29. The molecule has 0 aliphatic carbocycles. The number of aliphatic carboxylic acids is 1. The van der Waals surface area contributed by atoms with E-state index >= 15 is 0 Å². The van der Waals surface area contributed by atoms with Crippen LogP contribution in [0.3, 0.4) is 0 Å². The maximum Gasteiger partial charge on any atom is 0.317 e. The molecule has 0 amide bonds. The van der Waals surface area contributed by atoms with Crippen LogP contribution in [0.2, 0.25) is 0 Å². The van der Waals surface area contributed by atoms with Crippen molar-refractivity contribution in [3.8, 4) is 39.7 Å². The van der Waals surface area contributed by atoms with Gasteiger partial charge in [0.25, 0.3) is 5.89 Å². The Labute approximate surface area is 217 Å². The number of ether oxygens (including phenoxy) is 1.